The van der Waals surface area contributed by atoms with E-state index in [9.17, 15) is 18.0 Å². The van der Waals surface area contributed by atoms with Crippen LogP contribution in [-0.4, -0.2) is 37.9 Å². The molecule has 1 aromatic carbocycles. The molecule has 1 aromatic rings. The molecule has 0 bridgehead atoms. The fraction of sp³-hybridized carbons (Fsp3) is 0.579. The molecule has 2 N–H and O–H groups in total. The average Bonchev–Trinajstić information content (AvgIpc) is 3.36. The van der Waals surface area contributed by atoms with Crippen molar-refractivity contribution >= 4 is 22.1 Å². The molecule has 1 atom stereocenters. The second kappa shape index (κ2) is 7.36. The molecule has 9 heteroatoms. The Balaban J connectivity index is 1.84. The van der Waals surface area contributed by atoms with Crippen molar-refractivity contribution in [3.05, 3.63) is 34.4 Å². The first-order valence-corrected chi connectivity index (χ1v) is 10.8. The Labute approximate surface area is 165 Å². The average molecular weight is 410 g/mol. The Hall–Kier alpha value is -2.13. The van der Waals surface area contributed by atoms with Crippen LogP contribution in [0.1, 0.15) is 66.7 Å². The van der Waals surface area contributed by atoms with Gasteiger partial charge in [-0.2, -0.15) is 0 Å². The highest BCUT2D eigenvalue weighted by Crippen LogP contribution is 2.32. The van der Waals surface area contributed by atoms with Gasteiger partial charge in [-0.3, -0.25) is 0 Å². The lowest BCUT2D eigenvalue weighted by molar-refractivity contribution is 0.0517. The summed E-state index contributed by atoms with van der Waals surface area (Å²) in [4.78, 5) is 23.8. The molecule has 0 aromatic heterocycles. The van der Waals surface area contributed by atoms with Crippen LogP contribution in [0, 0.1) is 6.92 Å². The minimum Gasteiger partial charge on any atom is -0.457 e. The Morgan fingerprint density at radius 3 is 2.61 bits per heavy atom. The zero-order valence-electron chi connectivity index (χ0n) is 16.5. The van der Waals surface area contributed by atoms with Gasteiger partial charge in [-0.25, -0.2) is 22.7 Å². The monoisotopic (exact) mass is 410 g/mol. The van der Waals surface area contributed by atoms with Crippen molar-refractivity contribution in [2.75, 3.05) is 6.54 Å². The van der Waals surface area contributed by atoms with Gasteiger partial charge in [0.25, 0.3) is 0 Å². The number of carbonyl (C=O) groups is 2. The van der Waals surface area contributed by atoms with Crippen molar-refractivity contribution in [1.29, 1.82) is 0 Å². The smallest absolute Gasteiger partial charge is 0.407 e. The molecular formula is C19H26N2O6S. The summed E-state index contributed by atoms with van der Waals surface area (Å²) in [6.45, 7) is 7.26. The van der Waals surface area contributed by atoms with Crippen molar-refractivity contribution in [2.45, 2.75) is 64.0 Å². The minimum atomic E-state index is -3.50. The Bertz CT molecular complexity index is 900. The van der Waals surface area contributed by atoms with Gasteiger partial charge in [0.05, 0.1) is 16.9 Å². The summed E-state index contributed by atoms with van der Waals surface area (Å²) in [5.41, 5.74) is 2.05. The highest BCUT2D eigenvalue weighted by molar-refractivity contribution is 7.90. The molecule has 154 valence electrons. The molecule has 2 aliphatic rings. The predicted octanol–water partition coefficient (Wildman–Crippen LogP) is 2.31. The van der Waals surface area contributed by atoms with E-state index in [0.717, 1.165) is 11.1 Å². The number of fused-ring (bicyclic) bond motifs is 1. The molecule has 0 saturated heterocycles. The standard InChI is InChI=1S/C19H26N2O6S/c1-11-13(7-8-14-15(11)10-26-17(14)22)16(21-28(24,25)12-5-6-12)9-20-18(23)27-19(2,3)4/h7-8,12,16,21H,5-6,9-10H2,1-4H3,(H,20,23)/t16-/m0/s1. The number of ether oxygens (including phenoxy) is 2. The Morgan fingerprint density at radius 1 is 1.32 bits per heavy atom. The van der Waals surface area contributed by atoms with Gasteiger partial charge < -0.3 is 14.8 Å². The number of hydrogen-bond acceptors (Lipinski definition) is 6. The van der Waals surface area contributed by atoms with Gasteiger partial charge in [0.1, 0.15) is 12.2 Å². The molecule has 3 rings (SSSR count). The third kappa shape index (κ3) is 4.64. The maximum atomic E-state index is 12.5. The molecular weight excluding hydrogens is 384 g/mol. The first-order valence-electron chi connectivity index (χ1n) is 9.25. The van der Waals surface area contributed by atoms with E-state index in [1.807, 2.05) is 6.92 Å². The van der Waals surface area contributed by atoms with Crippen molar-refractivity contribution in [1.82, 2.24) is 10.0 Å². The van der Waals surface area contributed by atoms with Gasteiger partial charge in [-0.15, -0.1) is 0 Å². The highest BCUT2D eigenvalue weighted by Gasteiger charge is 2.38. The number of esters is 1. The number of carbonyl (C=O) groups excluding carboxylic acids is 2. The SMILES string of the molecule is Cc1c([C@H](CNC(=O)OC(C)(C)C)NS(=O)(=O)C2CC2)ccc2c1COC2=O. The molecule has 1 aliphatic heterocycles. The summed E-state index contributed by atoms with van der Waals surface area (Å²) < 4.78 is 38.0. The molecule has 0 spiro atoms. The van der Waals surface area contributed by atoms with E-state index >= 15 is 0 Å². The van der Waals surface area contributed by atoms with E-state index in [-0.39, 0.29) is 19.1 Å². The third-order valence-corrected chi connectivity index (χ3v) is 6.66. The Morgan fingerprint density at radius 2 is 2.00 bits per heavy atom. The van der Waals surface area contributed by atoms with Crippen LogP contribution in [-0.2, 0) is 26.1 Å². The summed E-state index contributed by atoms with van der Waals surface area (Å²) in [6.07, 6.45) is 0.639. The van der Waals surface area contributed by atoms with Crippen LogP contribution < -0.4 is 10.0 Å². The quantitative estimate of drug-likeness (QED) is 0.696. The van der Waals surface area contributed by atoms with Crippen molar-refractivity contribution in [3.8, 4) is 0 Å². The maximum absolute atomic E-state index is 12.5. The number of amides is 1. The van der Waals surface area contributed by atoms with E-state index in [2.05, 4.69) is 10.0 Å². The van der Waals surface area contributed by atoms with Crippen LogP contribution >= 0.6 is 0 Å². The fourth-order valence-corrected chi connectivity index (χ4v) is 4.69. The van der Waals surface area contributed by atoms with Crippen molar-refractivity contribution in [3.63, 3.8) is 0 Å². The van der Waals surface area contributed by atoms with Crippen LogP contribution in [0.4, 0.5) is 4.79 Å². The number of benzene rings is 1. The second-order valence-corrected chi connectivity index (χ2v) is 10.2. The van der Waals surface area contributed by atoms with Gasteiger partial charge in [-0.05, 0) is 57.7 Å². The molecule has 28 heavy (non-hydrogen) atoms. The van der Waals surface area contributed by atoms with E-state index < -0.39 is 33.0 Å². The van der Waals surface area contributed by atoms with Crippen molar-refractivity contribution in [2.24, 2.45) is 0 Å². The number of nitrogens with one attached hydrogen (secondary N) is 2. The van der Waals surface area contributed by atoms with Gasteiger partial charge in [0.2, 0.25) is 10.0 Å². The molecule has 1 fully saturated rings. The topological polar surface area (TPSA) is 111 Å². The molecule has 1 aliphatic carbocycles. The number of alkyl carbamates (subject to hydrolysis) is 1. The van der Waals surface area contributed by atoms with Crippen LogP contribution in [0.25, 0.3) is 0 Å². The summed E-state index contributed by atoms with van der Waals surface area (Å²) in [5, 5.41) is 2.24. The second-order valence-electron chi connectivity index (χ2n) is 8.18. The van der Waals surface area contributed by atoms with E-state index in [0.29, 0.717) is 24.0 Å². The first kappa shape index (κ1) is 20.6. The normalized spacial score (nSPS) is 17.6. The third-order valence-electron chi connectivity index (χ3n) is 4.70. The lowest BCUT2D eigenvalue weighted by Crippen LogP contribution is -2.41. The lowest BCUT2D eigenvalue weighted by atomic mass is 9.94. The zero-order valence-corrected chi connectivity index (χ0v) is 17.3. The molecule has 1 heterocycles. The molecule has 1 saturated carbocycles. The minimum absolute atomic E-state index is 0.0231. The van der Waals surface area contributed by atoms with Crippen LogP contribution in [0.15, 0.2) is 12.1 Å². The highest BCUT2D eigenvalue weighted by atomic mass is 32.2. The summed E-state index contributed by atoms with van der Waals surface area (Å²) >= 11 is 0. The molecule has 8 nitrogen and oxygen atoms in total. The molecule has 0 radical (unpaired) electrons. The number of rotatable bonds is 6. The van der Waals surface area contributed by atoms with Crippen molar-refractivity contribution < 1.29 is 27.5 Å². The van der Waals surface area contributed by atoms with Gasteiger partial charge in [-0.1, -0.05) is 6.07 Å². The number of cyclic esters (lactones) is 1. The van der Waals surface area contributed by atoms with Gasteiger partial charge in [0, 0.05) is 12.1 Å². The van der Waals surface area contributed by atoms with E-state index in [1.54, 1.807) is 32.9 Å². The number of hydrogen-bond donors (Lipinski definition) is 2. The Kier molecular flexibility index (Phi) is 5.42. The molecule has 1 amide bonds. The van der Waals surface area contributed by atoms with Gasteiger partial charge >= 0.3 is 12.1 Å². The van der Waals surface area contributed by atoms with Crippen LogP contribution in [0.5, 0.6) is 0 Å². The van der Waals surface area contributed by atoms with Crippen LogP contribution in [0.2, 0.25) is 0 Å². The largest absolute Gasteiger partial charge is 0.457 e. The van der Waals surface area contributed by atoms with Gasteiger partial charge in [0.15, 0.2) is 0 Å². The van der Waals surface area contributed by atoms with E-state index in [1.165, 1.54) is 0 Å². The summed E-state index contributed by atoms with van der Waals surface area (Å²) in [5.74, 6) is -0.383. The summed E-state index contributed by atoms with van der Waals surface area (Å²) in [7, 11) is -3.50. The number of sulfonamides is 1. The predicted molar refractivity (Wildman–Crippen MR) is 102 cm³/mol. The zero-order chi connectivity index (χ0) is 20.7. The lowest BCUT2D eigenvalue weighted by Gasteiger charge is -2.24. The fourth-order valence-electron chi connectivity index (χ4n) is 3.13. The maximum Gasteiger partial charge on any atom is 0.407 e. The molecule has 0 unspecified atom stereocenters. The first-order chi connectivity index (χ1) is 13.0. The van der Waals surface area contributed by atoms with E-state index in [4.69, 9.17) is 9.47 Å². The summed E-state index contributed by atoms with van der Waals surface area (Å²) in [6, 6.07) is 2.66. The van der Waals surface area contributed by atoms with Crippen LogP contribution in [0.3, 0.4) is 0 Å².